The van der Waals surface area contributed by atoms with Gasteiger partial charge in [0.1, 0.15) is 0 Å². The molecule has 1 saturated heterocycles. The highest BCUT2D eigenvalue weighted by Gasteiger charge is 2.41. The fraction of sp³-hybridized carbons (Fsp3) is 0.400. The molecule has 0 bridgehead atoms. The summed E-state index contributed by atoms with van der Waals surface area (Å²) in [6, 6.07) is 21.0. The van der Waals surface area contributed by atoms with Gasteiger partial charge < -0.3 is 0 Å². The molecule has 0 saturated carbocycles. The molecule has 1 aliphatic carbocycles. The molecule has 1 aliphatic heterocycles. The summed E-state index contributed by atoms with van der Waals surface area (Å²) in [4.78, 5) is 2.69. The van der Waals surface area contributed by atoms with Gasteiger partial charge in [0.05, 0.1) is 0 Å². The zero-order valence-corrected chi connectivity index (χ0v) is 12.7. The number of benzene rings is 2. The van der Waals surface area contributed by atoms with Gasteiger partial charge in [-0.2, -0.15) is 0 Å². The largest absolute Gasteiger partial charge is 0.300 e. The summed E-state index contributed by atoms with van der Waals surface area (Å²) in [6.45, 7) is 4.76. The van der Waals surface area contributed by atoms with Crippen LogP contribution >= 0.6 is 0 Å². The molecule has 0 spiro atoms. The minimum Gasteiger partial charge on any atom is -0.300 e. The summed E-state index contributed by atoms with van der Waals surface area (Å²) in [5, 5.41) is 0. The first kappa shape index (κ1) is 13.1. The second kappa shape index (κ2) is 5.31. The smallest absolute Gasteiger partial charge is 0.0173 e. The molecule has 2 aromatic rings. The minimum absolute atomic E-state index is 0.566. The molecule has 2 aromatic carbocycles. The Morgan fingerprint density at radius 3 is 2.43 bits per heavy atom. The van der Waals surface area contributed by atoms with E-state index in [1.54, 1.807) is 11.1 Å². The number of rotatable bonds is 2. The van der Waals surface area contributed by atoms with E-state index in [0.717, 1.165) is 12.0 Å². The number of hydrogen-bond donors (Lipinski definition) is 0. The van der Waals surface area contributed by atoms with Crippen LogP contribution in [0.2, 0.25) is 0 Å². The third-order valence-corrected chi connectivity index (χ3v) is 5.52. The van der Waals surface area contributed by atoms with Gasteiger partial charge in [-0.3, -0.25) is 4.90 Å². The Labute approximate surface area is 127 Å². The zero-order chi connectivity index (χ0) is 14.2. The lowest BCUT2D eigenvalue weighted by atomic mass is 9.71. The number of hydrogen-bond acceptors (Lipinski definition) is 1. The summed E-state index contributed by atoms with van der Waals surface area (Å²) >= 11 is 0. The van der Waals surface area contributed by atoms with Crippen molar-refractivity contribution in [3.63, 3.8) is 0 Å². The van der Waals surface area contributed by atoms with Crippen molar-refractivity contribution < 1.29 is 0 Å². The predicted molar refractivity (Wildman–Crippen MR) is 87.7 cm³/mol. The van der Waals surface area contributed by atoms with Crippen LogP contribution in [-0.4, -0.2) is 24.0 Å². The molecular weight excluding hydrogens is 254 g/mol. The van der Waals surface area contributed by atoms with Crippen LogP contribution in [0.25, 0.3) is 0 Å². The van der Waals surface area contributed by atoms with E-state index in [-0.39, 0.29) is 0 Å². The van der Waals surface area contributed by atoms with Gasteiger partial charge in [0.2, 0.25) is 0 Å². The molecule has 108 valence electrons. The highest BCUT2D eigenvalue weighted by molar-refractivity contribution is 5.44. The molecule has 0 amide bonds. The maximum Gasteiger partial charge on any atom is 0.0173 e. The Hall–Kier alpha value is -1.60. The Balaban J connectivity index is 1.80. The van der Waals surface area contributed by atoms with E-state index in [9.17, 15) is 0 Å². The van der Waals surface area contributed by atoms with Gasteiger partial charge in [0.25, 0.3) is 0 Å². The molecule has 3 atom stereocenters. The summed E-state index contributed by atoms with van der Waals surface area (Å²) in [5.41, 5.74) is 4.66. The van der Waals surface area contributed by atoms with Crippen molar-refractivity contribution in [2.75, 3.05) is 13.1 Å². The van der Waals surface area contributed by atoms with E-state index >= 15 is 0 Å². The Kier molecular flexibility index (Phi) is 3.31. The van der Waals surface area contributed by atoms with Crippen LogP contribution in [0.1, 0.15) is 48.3 Å². The summed E-state index contributed by atoms with van der Waals surface area (Å²) in [6.07, 6.45) is 2.61. The van der Waals surface area contributed by atoms with Crippen LogP contribution < -0.4 is 0 Å². The lowest BCUT2D eigenvalue weighted by Gasteiger charge is -2.38. The lowest BCUT2D eigenvalue weighted by Crippen LogP contribution is -2.36. The van der Waals surface area contributed by atoms with Crippen molar-refractivity contribution in [3.05, 3.63) is 71.3 Å². The third kappa shape index (κ3) is 2.11. The van der Waals surface area contributed by atoms with E-state index in [2.05, 4.69) is 66.4 Å². The van der Waals surface area contributed by atoms with Crippen LogP contribution in [-0.2, 0) is 0 Å². The Bertz CT molecular complexity index is 619. The van der Waals surface area contributed by atoms with E-state index < -0.39 is 0 Å². The van der Waals surface area contributed by atoms with E-state index in [1.807, 2.05) is 0 Å². The highest BCUT2D eigenvalue weighted by Crippen LogP contribution is 2.48. The first-order chi connectivity index (χ1) is 10.4. The SMILES string of the molecule is CCN1CC[C@@H]2c3ccccc3[C@H](c3ccccc3)C[C@@H]21. The maximum absolute atomic E-state index is 2.69. The number of likely N-dealkylation sites (tertiary alicyclic amines) is 1. The van der Waals surface area contributed by atoms with Gasteiger partial charge in [0, 0.05) is 17.9 Å². The predicted octanol–water partition coefficient (Wildman–Crippen LogP) is 4.40. The molecule has 2 aliphatic rings. The van der Waals surface area contributed by atoms with E-state index in [1.165, 1.54) is 31.5 Å². The monoisotopic (exact) mass is 277 g/mol. The van der Waals surface area contributed by atoms with Crippen LogP contribution in [0.15, 0.2) is 54.6 Å². The van der Waals surface area contributed by atoms with Crippen molar-refractivity contribution in [2.45, 2.75) is 37.6 Å². The van der Waals surface area contributed by atoms with Gasteiger partial charge >= 0.3 is 0 Å². The molecule has 0 aromatic heterocycles. The van der Waals surface area contributed by atoms with E-state index in [0.29, 0.717) is 5.92 Å². The van der Waals surface area contributed by atoms with Gasteiger partial charge in [-0.25, -0.2) is 0 Å². The fourth-order valence-corrected chi connectivity index (χ4v) is 4.52. The zero-order valence-electron chi connectivity index (χ0n) is 12.7. The molecule has 1 heterocycles. The lowest BCUT2D eigenvalue weighted by molar-refractivity contribution is 0.230. The first-order valence-corrected chi connectivity index (χ1v) is 8.26. The second-order valence-corrected chi connectivity index (χ2v) is 6.42. The van der Waals surface area contributed by atoms with Crippen molar-refractivity contribution in [1.29, 1.82) is 0 Å². The molecular formula is C20H23N. The number of likely N-dealkylation sites (N-methyl/N-ethyl adjacent to an activating group) is 1. The average Bonchev–Trinajstić information content (AvgIpc) is 2.98. The number of nitrogens with zero attached hydrogens (tertiary/aromatic N) is 1. The van der Waals surface area contributed by atoms with Gasteiger partial charge in [-0.1, -0.05) is 61.5 Å². The van der Waals surface area contributed by atoms with Crippen LogP contribution in [0.5, 0.6) is 0 Å². The van der Waals surface area contributed by atoms with Crippen LogP contribution in [0, 0.1) is 0 Å². The quantitative estimate of drug-likeness (QED) is 0.786. The third-order valence-electron chi connectivity index (χ3n) is 5.52. The number of fused-ring (bicyclic) bond motifs is 3. The van der Waals surface area contributed by atoms with Crippen molar-refractivity contribution in [1.82, 2.24) is 4.90 Å². The van der Waals surface area contributed by atoms with E-state index in [4.69, 9.17) is 0 Å². The summed E-state index contributed by atoms with van der Waals surface area (Å²) in [7, 11) is 0. The molecule has 0 N–H and O–H groups in total. The molecule has 0 unspecified atom stereocenters. The minimum atomic E-state index is 0.566. The first-order valence-electron chi connectivity index (χ1n) is 8.26. The second-order valence-electron chi connectivity index (χ2n) is 6.42. The molecule has 4 rings (SSSR count). The average molecular weight is 277 g/mol. The molecule has 1 fully saturated rings. The Morgan fingerprint density at radius 2 is 1.67 bits per heavy atom. The van der Waals surface area contributed by atoms with Gasteiger partial charge in [-0.15, -0.1) is 0 Å². The van der Waals surface area contributed by atoms with Crippen molar-refractivity contribution in [2.24, 2.45) is 0 Å². The molecule has 1 heteroatoms. The normalized spacial score (nSPS) is 28.1. The van der Waals surface area contributed by atoms with Crippen LogP contribution in [0.4, 0.5) is 0 Å². The van der Waals surface area contributed by atoms with Crippen LogP contribution in [0.3, 0.4) is 0 Å². The van der Waals surface area contributed by atoms with Crippen molar-refractivity contribution >= 4 is 0 Å². The fourth-order valence-electron chi connectivity index (χ4n) is 4.52. The Morgan fingerprint density at radius 1 is 0.952 bits per heavy atom. The van der Waals surface area contributed by atoms with Gasteiger partial charge in [-0.05, 0) is 42.6 Å². The molecule has 0 radical (unpaired) electrons. The molecule has 21 heavy (non-hydrogen) atoms. The summed E-state index contributed by atoms with van der Waals surface area (Å²) < 4.78 is 0. The molecule has 1 nitrogen and oxygen atoms in total. The van der Waals surface area contributed by atoms with Gasteiger partial charge in [0.15, 0.2) is 0 Å². The summed E-state index contributed by atoms with van der Waals surface area (Å²) in [5.74, 6) is 1.32. The van der Waals surface area contributed by atoms with Crippen molar-refractivity contribution in [3.8, 4) is 0 Å². The standard InChI is InChI=1S/C20H23N/c1-2-21-13-12-18-16-10-6-7-11-17(16)19(14-20(18)21)15-8-4-3-5-9-15/h3-11,18-20H,2,12-14H2,1H3/t18-,19+,20+/m1/s1. The topological polar surface area (TPSA) is 3.24 Å². The highest BCUT2D eigenvalue weighted by atomic mass is 15.2. The maximum atomic E-state index is 2.69.